The topological polar surface area (TPSA) is 86.9 Å². The van der Waals surface area contributed by atoms with Gasteiger partial charge in [-0.3, -0.25) is 9.59 Å². The zero-order chi connectivity index (χ0) is 14.3. The maximum absolute atomic E-state index is 11.9. The van der Waals surface area contributed by atoms with E-state index in [2.05, 4.69) is 20.6 Å². The number of nitrogens with zero attached hydrogens (tertiary/aromatic N) is 1. The van der Waals surface area contributed by atoms with Crippen LogP contribution in [0.5, 0.6) is 0 Å². The molecule has 0 bridgehead atoms. The fourth-order valence-electron chi connectivity index (χ4n) is 1.70. The van der Waals surface area contributed by atoms with E-state index >= 15 is 0 Å². The summed E-state index contributed by atoms with van der Waals surface area (Å²) < 4.78 is 0. The van der Waals surface area contributed by atoms with Crippen LogP contribution >= 0.6 is 0 Å². The minimum Gasteiger partial charge on any atom is -0.351 e. The molecule has 106 valence electrons. The molecule has 0 aliphatic carbocycles. The van der Waals surface area contributed by atoms with Crippen LogP contribution in [0.25, 0.3) is 0 Å². The minimum absolute atomic E-state index is 0.0402. The van der Waals surface area contributed by atoms with Gasteiger partial charge in [-0.15, -0.1) is 0 Å². The molecule has 1 rings (SSSR count). The average molecular weight is 266 g/mol. The maximum atomic E-state index is 11.9. The Hall–Kier alpha value is -1.53. The van der Waals surface area contributed by atoms with Crippen LogP contribution in [-0.4, -0.2) is 47.2 Å². The van der Waals surface area contributed by atoms with Gasteiger partial charge in [0, 0.05) is 19.0 Å². The fourth-order valence-corrected chi connectivity index (χ4v) is 1.70. The van der Waals surface area contributed by atoms with Crippen LogP contribution in [0.1, 0.15) is 26.0 Å². The summed E-state index contributed by atoms with van der Waals surface area (Å²) in [4.78, 5) is 30.6. The molecular weight excluding hydrogens is 244 g/mol. The van der Waals surface area contributed by atoms with Crippen molar-refractivity contribution in [3.8, 4) is 0 Å². The second-order valence-electron chi connectivity index (χ2n) is 4.49. The highest BCUT2D eigenvalue weighted by Gasteiger charge is 2.20. The molecule has 6 heteroatoms. The summed E-state index contributed by atoms with van der Waals surface area (Å²) in [5.74, 6) is 0.131. The highest BCUT2D eigenvalue weighted by molar-refractivity contribution is 5.87. The lowest BCUT2D eigenvalue weighted by atomic mass is 10.0. The molecule has 0 radical (unpaired) electrons. The second-order valence-corrected chi connectivity index (χ2v) is 4.49. The Morgan fingerprint density at radius 3 is 2.68 bits per heavy atom. The third-order valence-electron chi connectivity index (χ3n) is 3.14. The number of likely N-dealkylation sites (N-methyl/N-ethyl adjacent to an activating group) is 1. The van der Waals surface area contributed by atoms with E-state index in [0.29, 0.717) is 12.8 Å². The quantitative estimate of drug-likeness (QED) is 0.588. The lowest BCUT2D eigenvalue weighted by Gasteiger charge is -2.17. The van der Waals surface area contributed by atoms with Gasteiger partial charge in [0.15, 0.2) is 5.78 Å². The number of carbonyl (C=O) groups is 2. The molecule has 1 aromatic rings. The predicted molar refractivity (Wildman–Crippen MR) is 72.9 cm³/mol. The number of hydrogen-bond donors (Lipinski definition) is 3. The fraction of sp³-hybridized carbons (Fsp3) is 0.615. The van der Waals surface area contributed by atoms with Gasteiger partial charge >= 0.3 is 0 Å². The first-order chi connectivity index (χ1) is 9.08. The number of aromatic nitrogens is 2. The normalized spacial score (nSPS) is 14.1. The summed E-state index contributed by atoms with van der Waals surface area (Å²) in [5, 5.41) is 5.92. The molecule has 2 atom stereocenters. The molecule has 0 saturated heterocycles. The van der Waals surface area contributed by atoms with Crippen LogP contribution in [0.3, 0.4) is 0 Å². The minimum atomic E-state index is -0.360. The number of Topliss-reactive ketones (excluding diaryl/α,β-unsaturated/α-hetero) is 2. The molecule has 0 aliphatic rings. The molecule has 0 aliphatic heterocycles. The van der Waals surface area contributed by atoms with Crippen molar-refractivity contribution in [2.45, 2.75) is 38.8 Å². The Labute approximate surface area is 113 Å². The third-order valence-corrected chi connectivity index (χ3v) is 3.14. The van der Waals surface area contributed by atoms with E-state index in [9.17, 15) is 9.59 Å². The van der Waals surface area contributed by atoms with E-state index in [-0.39, 0.29) is 30.2 Å². The van der Waals surface area contributed by atoms with Crippen LogP contribution in [0.2, 0.25) is 0 Å². The van der Waals surface area contributed by atoms with Crippen molar-refractivity contribution >= 4 is 11.6 Å². The molecule has 0 unspecified atom stereocenters. The zero-order valence-electron chi connectivity index (χ0n) is 11.7. The number of imidazole rings is 1. The van der Waals surface area contributed by atoms with Crippen LogP contribution in [0.4, 0.5) is 0 Å². The van der Waals surface area contributed by atoms with Crippen molar-refractivity contribution in [1.29, 1.82) is 0 Å². The second kappa shape index (κ2) is 7.81. The number of rotatable bonds is 9. The van der Waals surface area contributed by atoms with E-state index in [1.54, 1.807) is 26.5 Å². The van der Waals surface area contributed by atoms with Gasteiger partial charge in [-0.25, -0.2) is 4.98 Å². The van der Waals surface area contributed by atoms with E-state index in [1.165, 1.54) is 0 Å². The molecule has 0 amide bonds. The van der Waals surface area contributed by atoms with Gasteiger partial charge in [0.1, 0.15) is 5.78 Å². The largest absolute Gasteiger partial charge is 0.351 e. The third kappa shape index (κ3) is 4.92. The van der Waals surface area contributed by atoms with E-state index in [0.717, 1.165) is 5.69 Å². The Kier molecular flexibility index (Phi) is 6.38. The van der Waals surface area contributed by atoms with Crippen molar-refractivity contribution in [2.75, 3.05) is 13.6 Å². The van der Waals surface area contributed by atoms with E-state index in [4.69, 9.17) is 0 Å². The lowest BCUT2D eigenvalue weighted by molar-refractivity contribution is -0.122. The summed E-state index contributed by atoms with van der Waals surface area (Å²) in [7, 11) is 1.74. The number of hydrogen-bond acceptors (Lipinski definition) is 5. The molecule has 0 fully saturated rings. The molecule has 1 heterocycles. The van der Waals surface area contributed by atoms with Crippen molar-refractivity contribution in [1.82, 2.24) is 20.6 Å². The SMILES string of the molecule is CCC(=O)[C@H](Cc1c[nH]cn1)NCC(=O)[C@H](C)NC. The monoisotopic (exact) mass is 266 g/mol. The molecule has 19 heavy (non-hydrogen) atoms. The van der Waals surface area contributed by atoms with Gasteiger partial charge in [-0.1, -0.05) is 6.92 Å². The number of aromatic amines is 1. The van der Waals surface area contributed by atoms with Crippen LogP contribution in [0.15, 0.2) is 12.5 Å². The Morgan fingerprint density at radius 2 is 2.16 bits per heavy atom. The predicted octanol–water partition coefficient (Wildman–Crippen LogP) is 0.0665. The smallest absolute Gasteiger partial charge is 0.163 e. The number of ketones is 2. The van der Waals surface area contributed by atoms with Gasteiger partial charge < -0.3 is 15.6 Å². The van der Waals surface area contributed by atoms with Gasteiger partial charge in [-0.05, 0) is 14.0 Å². The summed E-state index contributed by atoms with van der Waals surface area (Å²) >= 11 is 0. The average Bonchev–Trinajstić information content (AvgIpc) is 2.94. The summed E-state index contributed by atoms with van der Waals surface area (Å²) in [5.41, 5.74) is 0.813. The highest BCUT2D eigenvalue weighted by Crippen LogP contribution is 2.02. The van der Waals surface area contributed by atoms with E-state index in [1.807, 2.05) is 6.92 Å². The Bertz CT molecular complexity index is 403. The Balaban J connectivity index is 2.55. The van der Waals surface area contributed by atoms with Crippen LogP contribution in [0, 0.1) is 0 Å². The van der Waals surface area contributed by atoms with Crippen molar-refractivity contribution in [3.63, 3.8) is 0 Å². The summed E-state index contributed by atoms with van der Waals surface area (Å²) in [6, 6.07) is -0.573. The van der Waals surface area contributed by atoms with Gasteiger partial charge in [0.25, 0.3) is 0 Å². The molecule has 6 nitrogen and oxygen atoms in total. The van der Waals surface area contributed by atoms with Crippen molar-refractivity contribution in [3.05, 3.63) is 18.2 Å². The van der Waals surface area contributed by atoms with Gasteiger partial charge in [0.05, 0.1) is 30.6 Å². The van der Waals surface area contributed by atoms with E-state index < -0.39 is 0 Å². The first-order valence-electron chi connectivity index (χ1n) is 6.52. The number of carbonyl (C=O) groups excluding carboxylic acids is 2. The van der Waals surface area contributed by atoms with Gasteiger partial charge in [-0.2, -0.15) is 0 Å². The Morgan fingerprint density at radius 1 is 1.42 bits per heavy atom. The first kappa shape index (κ1) is 15.5. The van der Waals surface area contributed by atoms with Crippen LogP contribution in [-0.2, 0) is 16.0 Å². The summed E-state index contributed by atoms with van der Waals surface area (Å²) in [6.45, 7) is 3.80. The molecular formula is C13H22N4O2. The van der Waals surface area contributed by atoms with Crippen LogP contribution < -0.4 is 10.6 Å². The lowest BCUT2D eigenvalue weighted by Crippen LogP contribution is -2.45. The van der Waals surface area contributed by atoms with Crippen molar-refractivity contribution < 1.29 is 9.59 Å². The standard InChI is InChI=1S/C13H22N4O2/c1-4-12(18)11(5-10-6-15-8-17-10)16-7-13(19)9(2)14-3/h6,8-9,11,14,16H,4-5,7H2,1-3H3,(H,15,17)/t9-,11-/m0/s1. The summed E-state index contributed by atoms with van der Waals surface area (Å²) in [6.07, 6.45) is 4.28. The number of H-pyrrole nitrogens is 1. The van der Waals surface area contributed by atoms with Gasteiger partial charge in [0.2, 0.25) is 0 Å². The highest BCUT2D eigenvalue weighted by atomic mass is 16.1. The zero-order valence-corrected chi connectivity index (χ0v) is 11.7. The maximum Gasteiger partial charge on any atom is 0.163 e. The molecule has 0 aromatic carbocycles. The molecule has 0 saturated carbocycles. The van der Waals surface area contributed by atoms with Crippen molar-refractivity contribution in [2.24, 2.45) is 0 Å². The first-order valence-corrected chi connectivity index (χ1v) is 6.52. The molecule has 0 spiro atoms. The molecule has 3 N–H and O–H groups in total. The molecule has 1 aromatic heterocycles. The number of nitrogens with one attached hydrogen (secondary N) is 3.